The first-order valence-corrected chi connectivity index (χ1v) is 6.93. The lowest BCUT2D eigenvalue weighted by atomic mass is 10.1. The maximum Gasteiger partial charge on any atom is 0.401 e. The van der Waals surface area contributed by atoms with E-state index in [1.165, 1.54) is 16.2 Å². The molecule has 0 saturated carbocycles. The minimum absolute atomic E-state index is 0.103. The Kier molecular flexibility index (Phi) is 4.46. The molecule has 0 spiro atoms. The number of likely N-dealkylation sites (tertiary alicyclic amines) is 1. The number of carbonyl (C=O) groups is 1. The van der Waals surface area contributed by atoms with Crippen molar-refractivity contribution >= 4 is 17.2 Å². The van der Waals surface area contributed by atoms with Crippen LogP contribution < -0.4 is 5.32 Å². The van der Waals surface area contributed by atoms with Crippen LogP contribution in [0.1, 0.15) is 16.1 Å². The fourth-order valence-electron chi connectivity index (χ4n) is 2.21. The third-order valence-corrected chi connectivity index (χ3v) is 3.94. The second kappa shape index (κ2) is 5.92. The topological polar surface area (TPSA) is 32.3 Å². The number of nitrogens with zero attached hydrogens (tertiary/aromatic N) is 1. The minimum Gasteiger partial charge on any atom is -0.351 e. The van der Waals surface area contributed by atoms with Gasteiger partial charge in [-0.15, -0.1) is 11.3 Å². The monoisotopic (exact) mass is 292 g/mol. The highest BCUT2D eigenvalue weighted by molar-refractivity contribution is 7.12. The second-order valence-electron chi connectivity index (χ2n) is 4.69. The van der Waals surface area contributed by atoms with Crippen molar-refractivity contribution in [3.8, 4) is 0 Å². The van der Waals surface area contributed by atoms with E-state index in [1.54, 1.807) is 12.1 Å². The summed E-state index contributed by atoms with van der Waals surface area (Å²) in [5, 5.41) is 4.59. The van der Waals surface area contributed by atoms with E-state index in [2.05, 4.69) is 5.32 Å². The molecule has 3 nitrogen and oxygen atoms in total. The normalized spacial score (nSPS) is 20.7. The van der Waals surface area contributed by atoms with Crippen LogP contribution in [0.2, 0.25) is 0 Å². The van der Waals surface area contributed by atoms with Gasteiger partial charge in [-0.05, 0) is 30.3 Å². The maximum absolute atomic E-state index is 12.2. The van der Waals surface area contributed by atoms with Crippen LogP contribution in [0.15, 0.2) is 17.5 Å². The molecule has 0 bridgehead atoms. The Labute approximate surface area is 113 Å². The van der Waals surface area contributed by atoms with Crippen molar-refractivity contribution < 1.29 is 18.0 Å². The van der Waals surface area contributed by atoms with Gasteiger partial charge in [-0.3, -0.25) is 9.69 Å². The zero-order chi connectivity index (χ0) is 13.9. The summed E-state index contributed by atoms with van der Waals surface area (Å²) in [4.78, 5) is 13.7. The number of hydrogen-bond donors (Lipinski definition) is 1. The van der Waals surface area contributed by atoms with Crippen LogP contribution in [-0.2, 0) is 0 Å². The molecular weight excluding hydrogens is 277 g/mol. The highest BCUT2D eigenvalue weighted by Gasteiger charge is 2.34. The first-order chi connectivity index (χ1) is 8.94. The van der Waals surface area contributed by atoms with Gasteiger partial charge in [0.2, 0.25) is 0 Å². The SMILES string of the molecule is O=C(NCC1CCN(CC(F)(F)F)C1)c1cccs1. The molecule has 1 aromatic heterocycles. The van der Waals surface area contributed by atoms with Gasteiger partial charge in [-0.2, -0.15) is 13.2 Å². The van der Waals surface area contributed by atoms with E-state index >= 15 is 0 Å². The lowest BCUT2D eigenvalue weighted by Crippen LogP contribution is -2.34. The van der Waals surface area contributed by atoms with E-state index in [9.17, 15) is 18.0 Å². The highest BCUT2D eigenvalue weighted by Crippen LogP contribution is 2.22. The molecule has 0 aromatic carbocycles. The van der Waals surface area contributed by atoms with Crippen molar-refractivity contribution in [2.45, 2.75) is 12.6 Å². The largest absolute Gasteiger partial charge is 0.401 e. The third kappa shape index (κ3) is 4.50. The molecule has 106 valence electrons. The standard InChI is InChI=1S/C12H15F3N2OS/c13-12(14,15)8-17-4-3-9(7-17)6-16-11(18)10-2-1-5-19-10/h1-2,5,9H,3-4,6-8H2,(H,16,18). The number of rotatable bonds is 4. The van der Waals surface area contributed by atoms with Crippen molar-refractivity contribution in [3.63, 3.8) is 0 Å². The number of nitrogens with one attached hydrogen (secondary N) is 1. The Balaban J connectivity index is 1.72. The average Bonchev–Trinajstić information content (AvgIpc) is 2.94. The lowest BCUT2D eigenvalue weighted by Gasteiger charge is -2.17. The van der Waals surface area contributed by atoms with Crippen molar-refractivity contribution in [2.75, 3.05) is 26.2 Å². The molecule has 1 fully saturated rings. The van der Waals surface area contributed by atoms with Gasteiger partial charge in [0.25, 0.3) is 5.91 Å². The number of halogens is 3. The highest BCUT2D eigenvalue weighted by atomic mass is 32.1. The Morgan fingerprint density at radius 1 is 1.53 bits per heavy atom. The van der Waals surface area contributed by atoms with Gasteiger partial charge in [0.15, 0.2) is 0 Å². The third-order valence-electron chi connectivity index (χ3n) is 3.07. The minimum atomic E-state index is -4.14. The zero-order valence-electron chi connectivity index (χ0n) is 10.2. The Morgan fingerprint density at radius 2 is 2.32 bits per heavy atom. The van der Waals surface area contributed by atoms with Crippen LogP contribution in [-0.4, -0.2) is 43.2 Å². The zero-order valence-corrected chi connectivity index (χ0v) is 11.1. The number of alkyl halides is 3. The van der Waals surface area contributed by atoms with Crippen molar-refractivity contribution in [1.29, 1.82) is 0 Å². The van der Waals surface area contributed by atoms with Gasteiger partial charge >= 0.3 is 6.18 Å². The quantitative estimate of drug-likeness (QED) is 0.924. The molecule has 1 unspecified atom stereocenters. The van der Waals surface area contributed by atoms with Gasteiger partial charge in [0, 0.05) is 13.1 Å². The van der Waals surface area contributed by atoms with Crippen LogP contribution in [0.4, 0.5) is 13.2 Å². The van der Waals surface area contributed by atoms with Gasteiger partial charge in [-0.25, -0.2) is 0 Å². The van der Waals surface area contributed by atoms with Crippen molar-refractivity contribution in [2.24, 2.45) is 5.92 Å². The molecule has 1 aliphatic heterocycles. The molecule has 1 saturated heterocycles. The number of carbonyl (C=O) groups excluding carboxylic acids is 1. The molecule has 0 radical (unpaired) electrons. The molecule has 1 N–H and O–H groups in total. The molecule has 7 heteroatoms. The average molecular weight is 292 g/mol. The Bertz CT molecular complexity index is 419. The van der Waals surface area contributed by atoms with Crippen LogP contribution in [0.3, 0.4) is 0 Å². The predicted molar refractivity (Wildman–Crippen MR) is 67.3 cm³/mol. The van der Waals surface area contributed by atoms with E-state index in [-0.39, 0.29) is 11.8 Å². The molecule has 1 atom stereocenters. The fraction of sp³-hybridized carbons (Fsp3) is 0.583. The summed E-state index contributed by atoms with van der Waals surface area (Å²) >= 11 is 1.35. The Hall–Kier alpha value is -1.08. The van der Waals surface area contributed by atoms with E-state index in [0.29, 0.717) is 30.9 Å². The first kappa shape index (κ1) is 14.3. The fourth-order valence-corrected chi connectivity index (χ4v) is 2.85. The molecule has 2 heterocycles. The van der Waals surface area contributed by atoms with Crippen LogP contribution >= 0.6 is 11.3 Å². The van der Waals surface area contributed by atoms with Gasteiger partial charge in [0.1, 0.15) is 0 Å². The molecule has 1 aliphatic rings. The summed E-state index contributed by atoms with van der Waals surface area (Å²) in [5.74, 6) is -0.0458. The smallest absolute Gasteiger partial charge is 0.351 e. The molecule has 2 rings (SSSR count). The molecule has 19 heavy (non-hydrogen) atoms. The maximum atomic E-state index is 12.2. The predicted octanol–water partition coefficient (Wildman–Crippen LogP) is 2.36. The van der Waals surface area contributed by atoms with E-state index in [4.69, 9.17) is 0 Å². The van der Waals surface area contributed by atoms with Crippen molar-refractivity contribution in [3.05, 3.63) is 22.4 Å². The Morgan fingerprint density at radius 3 is 2.95 bits per heavy atom. The number of amides is 1. The van der Waals surface area contributed by atoms with E-state index in [1.807, 2.05) is 5.38 Å². The van der Waals surface area contributed by atoms with Gasteiger partial charge < -0.3 is 5.32 Å². The van der Waals surface area contributed by atoms with Crippen LogP contribution in [0.25, 0.3) is 0 Å². The molecule has 1 aromatic rings. The summed E-state index contributed by atoms with van der Waals surface area (Å²) < 4.78 is 36.7. The summed E-state index contributed by atoms with van der Waals surface area (Å²) in [6, 6.07) is 3.52. The summed E-state index contributed by atoms with van der Waals surface area (Å²) in [6.07, 6.45) is -3.45. The first-order valence-electron chi connectivity index (χ1n) is 6.05. The molecule has 1 amide bonds. The number of thiophene rings is 1. The van der Waals surface area contributed by atoms with E-state index < -0.39 is 12.7 Å². The van der Waals surface area contributed by atoms with Gasteiger partial charge in [-0.1, -0.05) is 6.07 Å². The van der Waals surface area contributed by atoms with Gasteiger partial charge in [0.05, 0.1) is 11.4 Å². The summed E-state index contributed by atoms with van der Waals surface area (Å²) in [5.41, 5.74) is 0. The second-order valence-corrected chi connectivity index (χ2v) is 5.64. The molecule has 0 aliphatic carbocycles. The van der Waals surface area contributed by atoms with Crippen molar-refractivity contribution in [1.82, 2.24) is 10.2 Å². The molecular formula is C12H15F3N2OS. The van der Waals surface area contributed by atoms with Crippen LogP contribution in [0, 0.1) is 5.92 Å². The summed E-state index contributed by atoms with van der Waals surface area (Å²) in [6.45, 7) is 0.413. The van der Waals surface area contributed by atoms with Crippen LogP contribution in [0.5, 0.6) is 0 Å². The van der Waals surface area contributed by atoms with E-state index in [0.717, 1.165) is 0 Å². The number of hydrogen-bond acceptors (Lipinski definition) is 3. The lowest BCUT2D eigenvalue weighted by molar-refractivity contribution is -0.143. The summed E-state index contributed by atoms with van der Waals surface area (Å²) in [7, 11) is 0.